The van der Waals surface area contributed by atoms with Gasteiger partial charge in [-0.3, -0.25) is 14.5 Å². The van der Waals surface area contributed by atoms with Crippen LogP contribution in [0.25, 0.3) is 0 Å². The van der Waals surface area contributed by atoms with Crippen LogP contribution < -0.4 is 0 Å². The minimum Gasteiger partial charge on any atom is -0.342 e. The van der Waals surface area contributed by atoms with E-state index in [0.717, 1.165) is 25.9 Å². The van der Waals surface area contributed by atoms with Crippen LogP contribution in [0.4, 0.5) is 0 Å². The fourth-order valence-corrected chi connectivity index (χ4v) is 4.65. The first kappa shape index (κ1) is 18.0. The van der Waals surface area contributed by atoms with Crippen LogP contribution in [0.2, 0.25) is 8.67 Å². The minimum atomic E-state index is -0.0786. The molecule has 0 spiro atoms. The topological polar surface area (TPSA) is 43.9 Å². The Hall–Kier alpha value is -0.820. The lowest BCUT2D eigenvalue weighted by molar-refractivity contribution is -0.133. The zero-order chi connectivity index (χ0) is 17.1. The Labute approximate surface area is 156 Å². The van der Waals surface area contributed by atoms with Gasteiger partial charge in [0.25, 0.3) is 5.91 Å². The van der Waals surface area contributed by atoms with Gasteiger partial charge in [-0.1, -0.05) is 23.2 Å². The van der Waals surface area contributed by atoms with Gasteiger partial charge in [0.1, 0.15) is 4.34 Å². The second-order valence-corrected chi connectivity index (χ2v) is 8.53. The highest BCUT2D eigenvalue weighted by atomic mass is 35.5. The van der Waals surface area contributed by atoms with Crippen molar-refractivity contribution in [2.75, 3.05) is 45.8 Å². The summed E-state index contributed by atoms with van der Waals surface area (Å²) in [6.07, 6.45) is 3.44. The number of halogens is 2. The number of rotatable bonds is 3. The molecule has 0 N–H and O–H groups in total. The summed E-state index contributed by atoms with van der Waals surface area (Å²) < 4.78 is 0.960. The van der Waals surface area contributed by atoms with E-state index in [1.165, 1.54) is 17.8 Å². The Balaban J connectivity index is 1.49. The first-order chi connectivity index (χ1) is 11.5. The summed E-state index contributed by atoms with van der Waals surface area (Å²) in [5, 5.41) is 0. The molecule has 3 rings (SSSR count). The number of carbonyl (C=O) groups is 2. The Kier molecular flexibility index (Phi) is 6.02. The smallest absolute Gasteiger partial charge is 0.256 e. The van der Waals surface area contributed by atoms with Crippen molar-refractivity contribution in [1.82, 2.24) is 14.7 Å². The molecule has 0 atom stereocenters. The van der Waals surface area contributed by atoms with Crippen molar-refractivity contribution in [3.05, 3.63) is 20.3 Å². The van der Waals surface area contributed by atoms with Crippen LogP contribution in [0.1, 0.15) is 29.6 Å². The molecule has 2 fully saturated rings. The molecular weight excluding hydrogens is 369 g/mol. The minimum absolute atomic E-state index is 0.0786. The number of thiophene rings is 1. The Morgan fingerprint density at radius 2 is 1.62 bits per heavy atom. The summed E-state index contributed by atoms with van der Waals surface area (Å²) in [4.78, 5) is 30.7. The van der Waals surface area contributed by atoms with Crippen molar-refractivity contribution in [3.8, 4) is 0 Å². The highest BCUT2D eigenvalue weighted by Gasteiger charge is 2.27. The van der Waals surface area contributed by atoms with E-state index in [1.54, 1.807) is 11.0 Å². The van der Waals surface area contributed by atoms with Crippen LogP contribution in [-0.4, -0.2) is 72.3 Å². The number of hydrogen-bond acceptors (Lipinski definition) is 4. The summed E-state index contributed by atoms with van der Waals surface area (Å²) in [6, 6.07) is 1.63. The van der Waals surface area contributed by atoms with Crippen molar-refractivity contribution in [1.29, 1.82) is 0 Å². The molecule has 0 radical (unpaired) electrons. The Morgan fingerprint density at radius 3 is 2.21 bits per heavy atom. The maximum absolute atomic E-state index is 12.5. The number of nitrogens with zero attached hydrogens (tertiary/aromatic N) is 3. The number of amides is 2. The molecule has 0 aromatic carbocycles. The third-order valence-corrected chi connectivity index (χ3v) is 6.10. The van der Waals surface area contributed by atoms with Crippen molar-refractivity contribution in [2.24, 2.45) is 0 Å². The predicted octanol–water partition coefficient (Wildman–Crippen LogP) is 2.83. The largest absolute Gasteiger partial charge is 0.342 e. The van der Waals surface area contributed by atoms with Gasteiger partial charge in [0, 0.05) is 39.3 Å². The summed E-state index contributed by atoms with van der Waals surface area (Å²) >= 11 is 13.2. The van der Waals surface area contributed by atoms with E-state index in [0.29, 0.717) is 47.0 Å². The molecule has 0 unspecified atom stereocenters. The van der Waals surface area contributed by atoms with Gasteiger partial charge in [-0.2, -0.15) is 0 Å². The average molecular weight is 390 g/mol. The predicted molar refractivity (Wildman–Crippen MR) is 97.1 cm³/mol. The van der Waals surface area contributed by atoms with Crippen LogP contribution in [0.15, 0.2) is 6.07 Å². The van der Waals surface area contributed by atoms with Crippen molar-refractivity contribution >= 4 is 46.4 Å². The molecule has 2 aliphatic rings. The molecule has 1 aromatic heterocycles. The van der Waals surface area contributed by atoms with E-state index < -0.39 is 0 Å². The molecule has 0 saturated carbocycles. The Bertz CT molecular complexity index is 608. The highest BCUT2D eigenvalue weighted by Crippen LogP contribution is 2.32. The quantitative estimate of drug-likeness (QED) is 0.797. The van der Waals surface area contributed by atoms with Gasteiger partial charge < -0.3 is 9.80 Å². The van der Waals surface area contributed by atoms with Gasteiger partial charge in [0.2, 0.25) is 5.91 Å². The number of hydrogen-bond donors (Lipinski definition) is 0. The standard InChI is InChI=1S/C16H21Cl2N3O2S/c17-13-10-12(15(18)24-13)16(23)21-8-6-19(7-9-21)11-14(22)20-4-2-1-3-5-20/h10H,1-9,11H2. The molecule has 2 saturated heterocycles. The van der Waals surface area contributed by atoms with Crippen LogP contribution in [0, 0.1) is 0 Å². The summed E-state index contributed by atoms with van der Waals surface area (Å²) in [6.45, 7) is 4.85. The molecule has 2 aliphatic heterocycles. The van der Waals surface area contributed by atoms with Gasteiger partial charge in [-0.05, 0) is 25.3 Å². The molecule has 3 heterocycles. The van der Waals surface area contributed by atoms with Gasteiger partial charge in [0.15, 0.2) is 0 Å². The van der Waals surface area contributed by atoms with Crippen LogP contribution in [0.5, 0.6) is 0 Å². The third kappa shape index (κ3) is 4.23. The number of piperazine rings is 1. The third-order valence-electron chi connectivity index (χ3n) is 4.61. The fraction of sp³-hybridized carbons (Fsp3) is 0.625. The van der Waals surface area contributed by atoms with E-state index in [4.69, 9.17) is 23.2 Å². The maximum Gasteiger partial charge on any atom is 0.256 e. The molecule has 132 valence electrons. The number of carbonyl (C=O) groups excluding carboxylic acids is 2. The lowest BCUT2D eigenvalue weighted by Crippen LogP contribution is -2.52. The van der Waals surface area contributed by atoms with Crippen molar-refractivity contribution in [3.63, 3.8) is 0 Å². The summed E-state index contributed by atoms with van der Waals surface area (Å²) in [5.41, 5.74) is 0.476. The molecule has 0 aliphatic carbocycles. The van der Waals surface area contributed by atoms with Gasteiger partial charge in [0.05, 0.1) is 16.4 Å². The monoisotopic (exact) mass is 389 g/mol. The number of piperidine rings is 1. The maximum atomic E-state index is 12.5. The fourth-order valence-electron chi connectivity index (χ4n) is 3.20. The second-order valence-electron chi connectivity index (χ2n) is 6.25. The lowest BCUT2D eigenvalue weighted by atomic mass is 10.1. The molecule has 0 bridgehead atoms. The van der Waals surface area contributed by atoms with Crippen LogP contribution in [0.3, 0.4) is 0 Å². The molecule has 1 aromatic rings. The SMILES string of the molecule is O=C(CN1CCN(C(=O)c2cc(Cl)sc2Cl)CC1)N1CCCCC1. The first-order valence-corrected chi connectivity index (χ1v) is 9.86. The van der Waals surface area contributed by atoms with Crippen LogP contribution >= 0.6 is 34.5 Å². The van der Waals surface area contributed by atoms with E-state index in [1.807, 2.05) is 4.90 Å². The van der Waals surface area contributed by atoms with E-state index in [9.17, 15) is 9.59 Å². The van der Waals surface area contributed by atoms with Gasteiger partial charge >= 0.3 is 0 Å². The Morgan fingerprint density at radius 1 is 0.958 bits per heavy atom. The summed E-state index contributed by atoms with van der Waals surface area (Å²) in [7, 11) is 0. The molecular formula is C16H21Cl2N3O2S. The molecule has 24 heavy (non-hydrogen) atoms. The number of likely N-dealkylation sites (tertiary alicyclic amines) is 1. The van der Waals surface area contributed by atoms with E-state index in [-0.39, 0.29) is 11.8 Å². The molecule has 2 amide bonds. The zero-order valence-corrected chi connectivity index (χ0v) is 15.8. The van der Waals surface area contributed by atoms with Crippen molar-refractivity contribution in [2.45, 2.75) is 19.3 Å². The second kappa shape index (κ2) is 8.04. The lowest BCUT2D eigenvalue weighted by Gasteiger charge is -2.36. The van der Waals surface area contributed by atoms with Crippen molar-refractivity contribution < 1.29 is 9.59 Å². The van der Waals surface area contributed by atoms with Gasteiger partial charge in [-0.15, -0.1) is 11.3 Å². The normalized spacial score (nSPS) is 19.6. The van der Waals surface area contributed by atoms with E-state index >= 15 is 0 Å². The van der Waals surface area contributed by atoms with E-state index in [2.05, 4.69) is 4.90 Å². The molecule has 8 heteroatoms. The first-order valence-electron chi connectivity index (χ1n) is 8.29. The zero-order valence-electron chi connectivity index (χ0n) is 13.5. The highest BCUT2D eigenvalue weighted by molar-refractivity contribution is 7.20. The summed E-state index contributed by atoms with van der Waals surface area (Å²) in [5.74, 6) is 0.132. The van der Waals surface area contributed by atoms with Crippen LogP contribution in [-0.2, 0) is 4.79 Å². The van der Waals surface area contributed by atoms with Gasteiger partial charge in [-0.25, -0.2) is 0 Å². The average Bonchev–Trinajstić information content (AvgIpc) is 2.94. The molecule has 5 nitrogen and oxygen atoms in total.